The van der Waals surface area contributed by atoms with Crippen LogP contribution in [0, 0.1) is 12.8 Å². The zero-order valence-electron chi connectivity index (χ0n) is 13.5. The first-order valence-corrected chi connectivity index (χ1v) is 8.30. The number of carboxylic acids is 1. The molecule has 126 valence electrons. The van der Waals surface area contributed by atoms with E-state index in [0.29, 0.717) is 18.3 Å². The molecule has 1 saturated heterocycles. The maximum absolute atomic E-state index is 12.4. The highest BCUT2D eigenvalue weighted by Gasteiger charge is 2.30. The SMILES string of the molecule is Cc1cnc(NC[C@@H]2CCCN2CC2CC2)c(=O)n1CC(=O)O. The molecule has 0 aromatic carbocycles. The van der Waals surface area contributed by atoms with Gasteiger partial charge >= 0.3 is 5.97 Å². The van der Waals surface area contributed by atoms with Crippen LogP contribution in [-0.2, 0) is 11.3 Å². The molecule has 1 atom stereocenters. The number of aliphatic carboxylic acids is 1. The van der Waals surface area contributed by atoms with Crippen LogP contribution in [0.5, 0.6) is 0 Å². The van der Waals surface area contributed by atoms with Gasteiger partial charge in [0.2, 0.25) is 0 Å². The molecule has 0 amide bonds. The van der Waals surface area contributed by atoms with Crippen LogP contribution in [0.25, 0.3) is 0 Å². The van der Waals surface area contributed by atoms with E-state index in [2.05, 4.69) is 15.2 Å². The predicted molar refractivity (Wildman–Crippen MR) is 86.7 cm³/mol. The van der Waals surface area contributed by atoms with E-state index in [0.717, 1.165) is 25.4 Å². The summed E-state index contributed by atoms with van der Waals surface area (Å²) in [6.07, 6.45) is 6.56. The fraction of sp³-hybridized carbons (Fsp3) is 0.688. The third kappa shape index (κ3) is 3.90. The average molecular weight is 320 g/mol. The molecule has 1 saturated carbocycles. The van der Waals surface area contributed by atoms with Gasteiger partial charge in [-0.2, -0.15) is 0 Å². The lowest BCUT2D eigenvalue weighted by molar-refractivity contribution is -0.137. The summed E-state index contributed by atoms with van der Waals surface area (Å²) in [5.41, 5.74) is 0.193. The monoisotopic (exact) mass is 320 g/mol. The molecule has 1 aliphatic heterocycles. The molecule has 0 radical (unpaired) electrons. The molecule has 0 unspecified atom stereocenters. The predicted octanol–water partition coefficient (Wildman–Crippen LogP) is 0.923. The number of aryl methyl sites for hydroxylation is 1. The Morgan fingerprint density at radius 3 is 2.91 bits per heavy atom. The lowest BCUT2D eigenvalue weighted by Gasteiger charge is -2.24. The first-order chi connectivity index (χ1) is 11.0. The van der Waals surface area contributed by atoms with Gasteiger partial charge in [-0.05, 0) is 45.1 Å². The molecule has 1 aromatic rings. The van der Waals surface area contributed by atoms with Crippen molar-refractivity contribution in [3.8, 4) is 0 Å². The van der Waals surface area contributed by atoms with Crippen LogP contribution in [0.15, 0.2) is 11.0 Å². The van der Waals surface area contributed by atoms with E-state index in [-0.39, 0.29) is 17.9 Å². The van der Waals surface area contributed by atoms with Gasteiger partial charge in [0.1, 0.15) is 6.54 Å². The van der Waals surface area contributed by atoms with E-state index in [4.69, 9.17) is 5.11 Å². The number of rotatable bonds is 7. The maximum Gasteiger partial charge on any atom is 0.323 e. The summed E-state index contributed by atoms with van der Waals surface area (Å²) in [6, 6.07) is 0.436. The molecule has 2 N–H and O–H groups in total. The van der Waals surface area contributed by atoms with Gasteiger partial charge in [-0.25, -0.2) is 4.98 Å². The third-order valence-corrected chi connectivity index (χ3v) is 4.74. The second-order valence-corrected chi connectivity index (χ2v) is 6.65. The zero-order valence-corrected chi connectivity index (χ0v) is 13.5. The first-order valence-electron chi connectivity index (χ1n) is 8.30. The molecular weight excluding hydrogens is 296 g/mol. The topological polar surface area (TPSA) is 87.5 Å². The second kappa shape index (κ2) is 6.70. The van der Waals surface area contributed by atoms with E-state index in [1.807, 2.05) is 0 Å². The molecule has 3 rings (SSSR count). The fourth-order valence-electron chi connectivity index (χ4n) is 3.24. The summed E-state index contributed by atoms with van der Waals surface area (Å²) in [6.45, 7) is 4.34. The van der Waals surface area contributed by atoms with Gasteiger partial charge in [-0.1, -0.05) is 0 Å². The van der Waals surface area contributed by atoms with Crippen LogP contribution in [0.4, 0.5) is 5.82 Å². The summed E-state index contributed by atoms with van der Waals surface area (Å²) in [5.74, 6) is 0.0785. The standard InChI is InChI=1S/C16H24N4O3/c1-11-7-17-15(16(23)20(11)10-14(21)22)18-8-13-3-2-6-19(13)9-12-4-5-12/h7,12-13H,2-6,8-10H2,1H3,(H,17,18)(H,21,22)/t13-/m0/s1. The molecule has 1 aliphatic carbocycles. The van der Waals surface area contributed by atoms with E-state index < -0.39 is 5.97 Å². The molecule has 2 fully saturated rings. The number of likely N-dealkylation sites (tertiary alicyclic amines) is 1. The minimum absolute atomic E-state index is 0.245. The molecule has 7 nitrogen and oxygen atoms in total. The van der Waals surface area contributed by atoms with Crippen molar-refractivity contribution in [2.24, 2.45) is 5.92 Å². The van der Waals surface area contributed by atoms with Crippen molar-refractivity contribution < 1.29 is 9.90 Å². The molecule has 23 heavy (non-hydrogen) atoms. The average Bonchev–Trinajstić information content (AvgIpc) is 3.21. The van der Waals surface area contributed by atoms with Gasteiger partial charge < -0.3 is 10.4 Å². The molecule has 0 bridgehead atoms. The van der Waals surface area contributed by atoms with Crippen molar-refractivity contribution in [2.75, 3.05) is 25.0 Å². The van der Waals surface area contributed by atoms with Crippen molar-refractivity contribution in [1.29, 1.82) is 0 Å². The number of aromatic nitrogens is 2. The highest BCUT2D eigenvalue weighted by Crippen LogP contribution is 2.32. The van der Waals surface area contributed by atoms with Crippen molar-refractivity contribution in [3.63, 3.8) is 0 Å². The van der Waals surface area contributed by atoms with Gasteiger partial charge in [-0.15, -0.1) is 0 Å². The van der Waals surface area contributed by atoms with Gasteiger partial charge in [0, 0.05) is 31.0 Å². The molecule has 2 heterocycles. The minimum Gasteiger partial charge on any atom is -0.480 e. The van der Waals surface area contributed by atoms with Gasteiger partial charge in [0.25, 0.3) is 5.56 Å². The third-order valence-electron chi connectivity index (χ3n) is 4.74. The van der Waals surface area contributed by atoms with Crippen molar-refractivity contribution in [2.45, 2.75) is 45.2 Å². The highest BCUT2D eigenvalue weighted by atomic mass is 16.4. The van der Waals surface area contributed by atoms with Crippen molar-refractivity contribution >= 4 is 11.8 Å². The van der Waals surface area contributed by atoms with Gasteiger partial charge in [-0.3, -0.25) is 19.1 Å². The van der Waals surface area contributed by atoms with Gasteiger partial charge in [0.15, 0.2) is 5.82 Å². The number of carboxylic acid groups (broad SMARTS) is 1. The Labute approximate surface area is 135 Å². The molecule has 2 aliphatic rings. The van der Waals surface area contributed by atoms with E-state index in [1.165, 1.54) is 23.8 Å². The van der Waals surface area contributed by atoms with E-state index in [1.54, 1.807) is 13.1 Å². The van der Waals surface area contributed by atoms with E-state index >= 15 is 0 Å². The van der Waals surface area contributed by atoms with Crippen LogP contribution < -0.4 is 10.9 Å². The lowest BCUT2D eigenvalue weighted by atomic mass is 10.2. The lowest BCUT2D eigenvalue weighted by Crippen LogP contribution is -2.38. The van der Waals surface area contributed by atoms with Gasteiger partial charge in [0.05, 0.1) is 0 Å². The summed E-state index contributed by atoms with van der Waals surface area (Å²) in [4.78, 5) is 29.9. The molecule has 1 aromatic heterocycles. The Balaban J connectivity index is 1.65. The number of hydrogen-bond acceptors (Lipinski definition) is 5. The smallest absolute Gasteiger partial charge is 0.323 e. The molecular formula is C16H24N4O3. The van der Waals surface area contributed by atoms with Crippen LogP contribution in [0.1, 0.15) is 31.4 Å². The summed E-state index contributed by atoms with van der Waals surface area (Å²) < 4.78 is 1.24. The zero-order chi connectivity index (χ0) is 16.4. The Bertz CT molecular complexity index is 639. The summed E-state index contributed by atoms with van der Waals surface area (Å²) in [5, 5.41) is 12.1. The largest absolute Gasteiger partial charge is 0.480 e. The Morgan fingerprint density at radius 1 is 1.43 bits per heavy atom. The van der Waals surface area contributed by atoms with Crippen LogP contribution in [0.3, 0.4) is 0 Å². The normalized spacial score (nSPS) is 21.5. The second-order valence-electron chi connectivity index (χ2n) is 6.65. The number of hydrogen-bond donors (Lipinski definition) is 2. The number of carbonyl (C=O) groups is 1. The summed E-state index contributed by atoms with van der Waals surface area (Å²) in [7, 11) is 0. The Morgan fingerprint density at radius 2 is 2.22 bits per heavy atom. The van der Waals surface area contributed by atoms with E-state index in [9.17, 15) is 9.59 Å². The minimum atomic E-state index is -1.03. The quantitative estimate of drug-likeness (QED) is 0.777. The van der Waals surface area contributed by atoms with Crippen LogP contribution >= 0.6 is 0 Å². The number of anilines is 1. The number of nitrogens with one attached hydrogen (secondary N) is 1. The van der Waals surface area contributed by atoms with Crippen molar-refractivity contribution in [3.05, 3.63) is 22.2 Å². The van der Waals surface area contributed by atoms with Crippen LogP contribution in [0.2, 0.25) is 0 Å². The van der Waals surface area contributed by atoms with Crippen molar-refractivity contribution in [1.82, 2.24) is 14.5 Å². The molecule has 0 spiro atoms. The Hall–Kier alpha value is -1.89. The molecule has 7 heteroatoms. The van der Waals surface area contributed by atoms with Crippen LogP contribution in [-0.4, -0.2) is 51.2 Å². The Kier molecular flexibility index (Phi) is 4.66. The summed E-state index contributed by atoms with van der Waals surface area (Å²) >= 11 is 0. The fourth-order valence-corrected chi connectivity index (χ4v) is 3.24. The highest BCUT2D eigenvalue weighted by molar-refractivity contribution is 5.66. The number of nitrogens with zero attached hydrogens (tertiary/aromatic N) is 3. The first kappa shape index (κ1) is 16.0. The maximum atomic E-state index is 12.4.